The van der Waals surface area contributed by atoms with Gasteiger partial charge in [-0.2, -0.15) is 0 Å². The van der Waals surface area contributed by atoms with E-state index in [-0.39, 0.29) is 0 Å². The Kier molecular flexibility index (Phi) is 1.57. The summed E-state index contributed by atoms with van der Waals surface area (Å²) in [5.41, 5.74) is 2.31. The van der Waals surface area contributed by atoms with Crippen LogP contribution in [0.3, 0.4) is 0 Å². The summed E-state index contributed by atoms with van der Waals surface area (Å²) in [6, 6.07) is 18.0. The first-order chi connectivity index (χ1) is 6.93. The van der Waals surface area contributed by atoms with Gasteiger partial charge in [-0.15, -0.1) is 0 Å². The molecule has 0 N–H and O–H groups in total. The van der Waals surface area contributed by atoms with Crippen LogP contribution in [0.4, 0.5) is 0 Å². The molecule has 1 nitrogen and oxygen atoms in total. The minimum absolute atomic E-state index is 0.811. The highest BCUT2D eigenvalue weighted by Crippen LogP contribution is 2.34. The van der Waals surface area contributed by atoms with E-state index in [1.54, 1.807) is 0 Å². The predicted molar refractivity (Wildman–Crippen MR) is 53.4 cm³/mol. The summed E-state index contributed by atoms with van der Waals surface area (Å²) in [4.78, 5) is 0. The van der Waals surface area contributed by atoms with Gasteiger partial charge in [0, 0.05) is 18.1 Å². The minimum Gasteiger partial charge on any atom is -0.456 e. The Morgan fingerprint density at radius 3 is 2.93 bits per heavy atom. The monoisotopic (exact) mass is 180 g/mol. The molecule has 66 valence electrons. The van der Waals surface area contributed by atoms with Gasteiger partial charge in [0.05, 0.1) is 0 Å². The quantitative estimate of drug-likeness (QED) is 0.516. The molecular weight excluding hydrogens is 172 g/mol. The van der Waals surface area contributed by atoms with Crippen molar-refractivity contribution in [3.63, 3.8) is 0 Å². The molecule has 0 saturated carbocycles. The van der Waals surface area contributed by atoms with Crippen molar-refractivity contribution in [2.24, 2.45) is 0 Å². The fraction of sp³-hybridized carbons (Fsp3) is 0.0769. The van der Waals surface area contributed by atoms with Crippen LogP contribution in [-0.2, 0) is 6.42 Å². The zero-order valence-corrected chi connectivity index (χ0v) is 7.58. The van der Waals surface area contributed by atoms with Gasteiger partial charge in [0.2, 0.25) is 0 Å². The van der Waals surface area contributed by atoms with Gasteiger partial charge in [0.25, 0.3) is 0 Å². The molecule has 14 heavy (non-hydrogen) atoms. The maximum atomic E-state index is 5.69. The molecule has 3 rings (SSSR count). The Morgan fingerprint density at radius 1 is 1.07 bits per heavy atom. The van der Waals surface area contributed by atoms with Crippen LogP contribution in [0.15, 0.2) is 36.4 Å². The number of para-hydroxylation sites is 1. The Bertz CT molecular complexity index is 387. The second kappa shape index (κ2) is 2.88. The summed E-state index contributed by atoms with van der Waals surface area (Å²) in [5.74, 6) is 1.75. The molecule has 1 heterocycles. The van der Waals surface area contributed by atoms with Crippen molar-refractivity contribution >= 4 is 0 Å². The topological polar surface area (TPSA) is 9.23 Å². The van der Waals surface area contributed by atoms with Crippen LogP contribution in [0.25, 0.3) is 0 Å². The lowest BCUT2D eigenvalue weighted by Gasteiger charge is -2.18. The van der Waals surface area contributed by atoms with E-state index in [1.165, 1.54) is 5.56 Å². The number of rotatable bonds is 0. The SMILES string of the molecule is [c]1cc[c]c2c1Cc1ccccc1O2. The number of ether oxygens (including phenoxy) is 1. The van der Waals surface area contributed by atoms with Crippen LogP contribution in [0.2, 0.25) is 0 Å². The second-order valence-corrected chi connectivity index (χ2v) is 3.32. The number of fused-ring (bicyclic) bond motifs is 2. The van der Waals surface area contributed by atoms with E-state index in [4.69, 9.17) is 4.74 Å². The molecule has 0 unspecified atom stereocenters. The molecule has 0 atom stereocenters. The highest BCUT2D eigenvalue weighted by molar-refractivity contribution is 5.48. The van der Waals surface area contributed by atoms with Crippen molar-refractivity contribution in [3.8, 4) is 11.5 Å². The normalized spacial score (nSPS) is 12.6. The van der Waals surface area contributed by atoms with E-state index in [0.717, 1.165) is 23.5 Å². The summed E-state index contributed by atoms with van der Waals surface area (Å²) < 4.78 is 5.69. The molecule has 0 spiro atoms. The van der Waals surface area contributed by atoms with Crippen LogP contribution in [0.5, 0.6) is 11.5 Å². The maximum absolute atomic E-state index is 5.69. The van der Waals surface area contributed by atoms with E-state index < -0.39 is 0 Å². The first-order valence-corrected chi connectivity index (χ1v) is 4.60. The van der Waals surface area contributed by atoms with Gasteiger partial charge in [-0.05, 0) is 23.8 Å². The Labute approximate surface area is 83.0 Å². The van der Waals surface area contributed by atoms with Gasteiger partial charge in [-0.3, -0.25) is 0 Å². The predicted octanol–water partition coefficient (Wildman–Crippen LogP) is 2.98. The minimum atomic E-state index is 0.811. The third-order valence-electron chi connectivity index (χ3n) is 2.38. The highest BCUT2D eigenvalue weighted by Gasteiger charge is 2.15. The average molecular weight is 180 g/mol. The molecular formula is C13H8O. The van der Waals surface area contributed by atoms with Crippen molar-refractivity contribution in [2.75, 3.05) is 0 Å². The fourth-order valence-corrected chi connectivity index (χ4v) is 1.68. The Hall–Kier alpha value is -1.76. The fourth-order valence-electron chi connectivity index (χ4n) is 1.68. The second-order valence-electron chi connectivity index (χ2n) is 3.32. The molecule has 0 aliphatic carbocycles. The van der Waals surface area contributed by atoms with E-state index in [9.17, 15) is 0 Å². The van der Waals surface area contributed by atoms with Crippen LogP contribution in [-0.4, -0.2) is 0 Å². The van der Waals surface area contributed by atoms with Gasteiger partial charge >= 0.3 is 0 Å². The van der Waals surface area contributed by atoms with Gasteiger partial charge in [-0.25, -0.2) is 0 Å². The van der Waals surface area contributed by atoms with Gasteiger partial charge < -0.3 is 4.74 Å². The maximum Gasteiger partial charge on any atom is 0.139 e. The first kappa shape index (κ1) is 7.63. The van der Waals surface area contributed by atoms with Gasteiger partial charge in [0.15, 0.2) is 0 Å². The van der Waals surface area contributed by atoms with Crippen LogP contribution >= 0.6 is 0 Å². The summed E-state index contributed by atoms with van der Waals surface area (Å²) in [6.07, 6.45) is 0.892. The number of benzene rings is 2. The van der Waals surface area contributed by atoms with E-state index >= 15 is 0 Å². The molecule has 1 aliphatic heterocycles. The highest BCUT2D eigenvalue weighted by atomic mass is 16.5. The van der Waals surface area contributed by atoms with Crippen molar-refractivity contribution in [1.82, 2.24) is 0 Å². The third kappa shape index (κ3) is 1.10. The zero-order valence-electron chi connectivity index (χ0n) is 7.58. The molecule has 2 aromatic carbocycles. The number of hydrogen-bond acceptors (Lipinski definition) is 1. The molecule has 1 heteroatoms. The molecule has 1 aliphatic rings. The lowest BCUT2D eigenvalue weighted by molar-refractivity contribution is 0.459. The molecule has 0 aromatic heterocycles. The summed E-state index contributed by atoms with van der Waals surface area (Å²) in [7, 11) is 0. The van der Waals surface area contributed by atoms with E-state index in [0.29, 0.717) is 0 Å². The lowest BCUT2D eigenvalue weighted by Crippen LogP contribution is -2.02. The lowest BCUT2D eigenvalue weighted by atomic mass is 10.0. The Balaban J connectivity index is 2.12. The summed E-state index contributed by atoms with van der Waals surface area (Å²) in [6.45, 7) is 0. The standard InChI is InChI=1S/C13H8O/c1-3-7-12-10(5-1)9-11-6-2-4-8-13(11)14-12/h1-5,7H,9H2. The van der Waals surface area contributed by atoms with Gasteiger partial charge in [-0.1, -0.05) is 24.3 Å². The molecule has 2 aromatic rings. The van der Waals surface area contributed by atoms with Crippen molar-refractivity contribution in [1.29, 1.82) is 0 Å². The molecule has 2 radical (unpaired) electrons. The average Bonchev–Trinajstić information content (AvgIpc) is 2.26. The van der Waals surface area contributed by atoms with Crippen molar-refractivity contribution < 1.29 is 4.74 Å². The van der Waals surface area contributed by atoms with Crippen molar-refractivity contribution in [3.05, 3.63) is 59.7 Å². The van der Waals surface area contributed by atoms with Crippen LogP contribution in [0.1, 0.15) is 11.1 Å². The summed E-state index contributed by atoms with van der Waals surface area (Å²) in [5, 5.41) is 0. The molecule has 0 saturated heterocycles. The van der Waals surface area contributed by atoms with Crippen molar-refractivity contribution in [2.45, 2.75) is 6.42 Å². The third-order valence-corrected chi connectivity index (χ3v) is 2.38. The molecule has 0 amide bonds. The van der Waals surface area contributed by atoms with Gasteiger partial charge in [0.1, 0.15) is 11.5 Å². The first-order valence-electron chi connectivity index (χ1n) is 4.60. The van der Waals surface area contributed by atoms with Crippen LogP contribution < -0.4 is 4.74 Å². The largest absolute Gasteiger partial charge is 0.456 e. The van der Waals surface area contributed by atoms with E-state index in [2.05, 4.69) is 18.2 Å². The smallest absolute Gasteiger partial charge is 0.139 e. The zero-order chi connectivity index (χ0) is 9.38. The van der Waals surface area contributed by atoms with E-state index in [1.807, 2.05) is 30.3 Å². The van der Waals surface area contributed by atoms with Crippen LogP contribution in [0, 0.1) is 12.1 Å². The molecule has 0 bridgehead atoms. The summed E-state index contributed by atoms with van der Waals surface area (Å²) >= 11 is 0. The Morgan fingerprint density at radius 2 is 1.93 bits per heavy atom. The molecule has 0 fully saturated rings. The number of hydrogen-bond donors (Lipinski definition) is 0.